The fraction of sp³-hybridized carbons (Fsp3) is 0.615. The third-order valence-electron chi connectivity index (χ3n) is 3.58. The Balaban J connectivity index is 1.97. The van der Waals surface area contributed by atoms with Crippen molar-refractivity contribution in [1.29, 1.82) is 0 Å². The van der Waals surface area contributed by atoms with Crippen LogP contribution in [0.1, 0.15) is 44.7 Å². The Kier molecular flexibility index (Phi) is 3.82. The summed E-state index contributed by atoms with van der Waals surface area (Å²) in [5.74, 6) is 0.794. The van der Waals surface area contributed by atoms with E-state index in [1.165, 1.54) is 24.8 Å². The van der Waals surface area contributed by atoms with Gasteiger partial charge in [0, 0.05) is 18.3 Å². The summed E-state index contributed by atoms with van der Waals surface area (Å²) < 4.78 is 0. The van der Waals surface area contributed by atoms with E-state index in [4.69, 9.17) is 11.6 Å². The summed E-state index contributed by atoms with van der Waals surface area (Å²) in [6, 6.07) is 4.92. The molecule has 16 heavy (non-hydrogen) atoms. The number of rotatable bonds is 3. The zero-order chi connectivity index (χ0) is 11.5. The third-order valence-corrected chi connectivity index (χ3v) is 3.80. The van der Waals surface area contributed by atoms with Crippen LogP contribution in [0.15, 0.2) is 18.3 Å². The van der Waals surface area contributed by atoms with E-state index in [1.807, 2.05) is 18.3 Å². The Morgan fingerprint density at radius 1 is 1.44 bits per heavy atom. The summed E-state index contributed by atoms with van der Waals surface area (Å²) in [6.45, 7) is 4.52. The number of hydrogen-bond donors (Lipinski definition) is 1. The topological polar surface area (TPSA) is 24.9 Å². The van der Waals surface area contributed by atoms with Crippen LogP contribution in [-0.4, -0.2) is 11.0 Å². The van der Waals surface area contributed by atoms with E-state index in [-0.39, 0.29) is 0 Å². The summed E-state index contributed by atoms with van der Waals surface area (Å²) in [6.07, 6.45) is 5.86. The molecule has 1 saturated carbocycles. The van der Waals surface area contributed by atoms with Gasteiger partial charge in [0.05, 0.1) is 0 Å². The van der Waals surface area contributed by atoms with E-state index in [0.29, 0.717) is 17.2 Å². The number of halogens is 1. The molecule has 2 rings (SSSR count). The molecule has 2 nitrogen and oxygen atoms in total. The number of hydrogen-bond acceptors (Lipinski definition) is 2. The van der Waals surface area contributed by atoms with E-state index >= 15 is 0 Å². The lowest BCUT2D eigenvalue weighted by atomic mass is 10.0. The summed E-state index contributed by atoms with van der Waals surface area (Å²) >= 11 is 5.78. The van der Waals surface area contributed by atoms with Crippen LogP contribution < -0.4 is 5.32 Å². The van der Waals surface area contributed by atoms with Crippen molar-refractivity contribution < 1.29 is 0 Å². The Hall–Kier alpha value is -0.600. The number of pyridine rings is 1. The van der Waals surface area contributed by atoms with Crippen LogP contribution in [0, 0.1) is 5.92 Å². The summed E-state index contributed by atoms with van der Waals surface area (Å²) in [7, 11) is 0. The molecule has 1 aliphatic carbocycles. The summed E-state index contributed by atoms with van der Waals surface area (Å²) in [5.41, 5.74) is 1.21. The van der Waals surface area contributed by atoms with Gasteiger partial charge in [-0.3, -0.25) is 0 Å². The molecule has 3 unspecified atom stereocenters. The van der Waals surface area contributed by atoms with Crippen LogP contribution in [0.25, 0.3) is 0 Å². The second-order valence-electron chi connectivity index (χ2n) is 4.82. The molecule has 0 radical (unpaired) electrons. The molecule has 0 saturated heterocycles. The van der Waals surface area contributed by atoms with Crippen molar-refractivity contribution in [3.05, 3.63) is 29.0 Å². The second kappa shape index (κ2) is 5.15. The third kappa shape index (κ3) is 2.74. The molecular formula is C13H19ClN2. The van der Waals surface area contributed by atoms with Gasteiger partial charge in [0.2, 0.25) is 0 Å². The zero-order valence-electron chi connectivity index (χ0n) is 9.91. The maximum atomic E-state index is 5.78. The molecular weight excluding hydrogens is 220 g/mol. The summed E-state index contributed by atoms with van der Waals surface area (Å²) in [5, 5.41) is 4.24. The minimum Gasteiger partial charge on any atom is -0.307 e. The monoisotopic (exact) mass is 238 g/mol. The van der Waals surface area contributed by atoms with E-state index in [1.54, 1.807) is 0 Å². The van der Waals surface area contributed by atoms with Crippen molar-refractivity contribution in [2.45, 2.75) is 45.2 Å². The van der Waals surface area contributed by atoms with Crippen LogP contribution in [0.2, 0.25) is 5.15 Å². The van der Waals surface area contributed by atoms with Crippen molar-refractivity contribution in [3.63, 3.8) is 0 Å². The molecule has 0 aromatic carbocycles. The predicted molar refractivity (Wildman–Crippen MR) is 67.6 cm³/mol. The molecule has 88 valence electrons. The van der Waals surface area contributed by atoms with Gasteiger partial charge in [-0.1, -0.05) is 31.0 Å². The smallest absolute Gasteiger partial charge is 0.129 e. The van der Waals surface area contributed by atoms with E-state index in [9.17, 15) is 0 Å². The average molecular weight is 239 g/mol. The molecule has 0 spiro atoms. The lowest BCUT2D eigenvalue weighted by molar-refractivity contribution is 0.388. The largest absolute Gasteiger partial charge is 0.307 e. The van der Waals surface area contributed by atoms with Crippen LogP contribution in [0.5, 0.6) is 0 Å². The van der Waals surface area contributed by atoms with E-state index in [2.05, 4.69) is 24.1 Å². The van der Waals surface area contributed by atoms with E-state index < -0.39 is 0 Å². The molecule has 1 aliphatic rings. The predicted octanol–water partition coefficient (Wildman–Crippen LogP) is 3.57. The van der Waals surface area contributed by atoms with Crippen molar-refractivity contribution in [1.82, 2.24) is 10.3 Å². The lowest BCUT2D eigenvalue weighted by Gasteiger charge is -2.22. The van der Waals surface area contributed by atoms with Crippen molar-refractivity contribution in [2.24, 2.45) is 5.92 Å². The normalized spacial score (nSPS) is 26.9. The minimum atomic E-state index is 0.357. The number of nitrogens with zero attached hydrogens (tertiary/aromatic N) is 1. The highest BCUT2D eigenvalue weighted by Crippen LogP contribution is 2.27. The number of aromatic nitrogens is 1. The lowest BCUT2D eigenvalue weighted by Crippen LogP contribution is -2.33. The highest BCUT2D eigenvalue weighted by molar-refractivity contribution is 6.29. The van der Waals surface area contributed by atoms with Crippen LogP contribution in [0.3, 0.4) is 0 Å². The summed E-state index contributed by atoms with van der Waals surface area (Å²) in [4.78, 5) is 4.12. The minimum absolute atomic E-state index is 0.357. The zero-order valence-corrected chi connectivity index (χ0v) is 10.7. The first kappa shape index (κ1) is 11.9. The molecule has 0 bridgehead atoms. The molecule has 1 aromatic heterocycles. The second-order valence-corrected chi connectivity index (χ2v) is 5.20. The molecule has 1 heterocycles. The average Bonchev–Trinajstić information content (AvgIpc) is 2.65. The first-order valence-corrected chi connectivity index (χ1v) is 6.42. The molecule has 1 aromatic rings. The van der Waals surface area contributed by atoms with Crippen molar-refractivity contribution in [3.8, 4) is 0 Å². The van der Waals surface area contributed by atoms with Gasteiger partial charge >= 0.3 is 0 Å². The van der Waals surface area contributed by atoms with Crippen LogP contribution >= 0.6 is 11.6 Å². The molecule has 0 amide bonds. The highest BCUT2D eigenvalue weighted by Gasteiger charge is 2.24. The van der Waals surface area contributed by atoms with Crippen molar-refractivity contribution in [2.75, 3.05) is 0 Å². The molecule has 0 aliphatic heterocycles. The maximum Gasteiger partial charge on any atom is 0.129 e. The van der Waals surface area contributed by atoms with Crippen LogP contribution in [0.4, 0.5) is 0 Å². The van der Waals surface area contributed by atoms with Gasteiger partial charge in [-0.25, -0.2) is 4.98 Å². The fourth-order valence-electron chi connectivity index (χ4n) is 2.45. The first-order valence-electron chi connectivity index (χ1n) is 6.04. The standard InChI is InChI=1S/C13H19ClN2/c1-9-4-3-5-12(9)16-10(2)11-6-7-13(14)15-8-11/h6-10,12,16H,3-5H2,1-2H3. The van der Waals surface area contributed by atoms with Gasteiger partial charge in [0.1, 0.15) is 5.15 Å². The van der Waals surface area contributed by atoms with Crippen molar-refractivity contribution >= 4 is 11.6 Å². The van der Waals surface area contributed by atoms with Gasteiger partial charge in [-0.15, -0.1) is 0 Å². The molecule has 1 fully saturated rings. The quantitative estimate of drug-likeness (QED) is 0.815. The van der Waals surface area contributed by atoms with E-state index in [0.717, 1.165) is 5.92 Å². The highest BCUT2D eigenvalue weighted by atomic mass is 35.5. The SMILES string of the molecule is CC(NC1CCCC1C)c1ccc(Cl)nc1. The molecule has 1 N–H and O–H groups in total. The van der Waals surface area contributed by atoms with Gasteiger partial charge in [-0.05, 0) is 37.3 Å². The molecule has 3 atom stereocenters. The Bertz CT molecular complexity index is 336. The van der Waals surface area contributed by atoms with Gasteiger partial charge < -0.3 is 5.32 Å². The Morgan fingerprint density at radius 3 is 2.81 bits per heavy atom. The fourth-order valence-corrected chi connectivity index (χ4v) is 2.57. The van der Waals surface area contributed by atoms with Gasteiger partial charge in [0.15, 0.2) is 0 Å². The van der Waals surface area contributed by atoms with Gasteiger partial charge in [0.25, 0.3) is 0 Å². The maximum absolute atomic E-state index is 5.78. The Morgan fingerprint density at radius 2 is 2.25 bits per heavy atom. The van der Waals surface area contributed by atoms with Gasteiger partial charge in [-0.2, -0.15) is 0 Å². The Labute approximate surface area is 102 Å². The first-order chi connectivity index (χ1) is 7.66. The number of nitrogens with one attached hydrogen (secondary N) is 1. The molecule has 3 heteroatoms. The van der Waals surface area contributed by atoms with Crippen LogP contribution in [-0.2, 0) is 0 Å².